The number of hydrogen-bond acceptors (Lipinski definition) is 6. The third kappa shape index (κ3) is 3.18. The van der Waals surface area contributed by atoms with Crippen molar-refractivity contribution in [2.75, 3.05) is 0 Å². The Morgan fingerprint density at radius 1 is 1.16 bits per heavy atom. The number of aromatic nitrogens is 1. The molecule has 3 rings (SSSR count). The van der Waals surface area contributed by atoms with Crippen LogP contribution in [0.1, 0.15) is 44.9 Å². The lowest BCUT2D eigenvalue weighted by molar-refractivity contribution is -0.0584. The number of pyridine rings is 1. The molecule has 0 aliphatic carbocycles. The summed E-state index contributed by atoms with van der Waals surface area (Å²) < 4.78 is 5.38. The zero-order valence-corrected chi connectivity index (χ0v) is 14.1. The minimum absolute atomic E-state index is 0.0161. The second-order valence-corrected chi connectivity index (χ2v) is 5.91. The molecular weight excluding hydrogens is 348 g/mol. The number of imide groups is 1. The molecule has 0 bridgehead atoms. The van der Waals surface area contributed by atoms with E-state index < -0.39 is 17.8 Å². The van der Waals surface area contributed by atoms with Crippen LogP contribution in [0.15, 0.2) is 36.5 Å². The smallest absolute Gasteiger partial charge is 0.365 e. The first kappa shape index (κ1) is 16.9. The van der Waals surface area contributed by atoms with E-state index in [9.17, 15) is 14.4 Å². The molecular formula is C17H13ClN2O5. The molecule has 0 unspecified atom stereocenters. The van der Waals surface area contributed by atoms with Crippen LogP contribution in [0.5, 0.6) is 5.88 Å². The van der Waals surface area contributed by atoms with Crippen LogP contribution in [0.25, 0.3) is 0 Å². The molecule has 8 heteroatoms. The number of fused-ring (bicyclic) bond motifs is 1. The number of halogens is 1. The molecule has 2 aromatic rings. The fourth-order valence-corrected chi connectivity index (χ4v) is 2.44. The quantitative estimate of drug-likeness (QED) is 0.779. The fourth-order valence-electron chi connectivity index (χ4n) is 2.23. The predicted molar refractivity (Wildman–Crippen MR) is 87.4 cm³/mol. The standard InChI is InChI=1S/C17H13ClN2O5/c1-9(2)24-14-13(18)7-10(8-19-14)17(23)25-20-15(21)11-5-3-4-6-12(11)16(20)22/h3-9H,1-2H3. The molecule has 1 aromatic heterocycles. The number of carbonyl (C=O) groups excluding carboxylic acids is 3. The van der Waals surface area contributed by atoms with Gasteiger partial charge in [0, 0.05) is 6.20 Å². The van der Waals surface area contributed by atoms with Crippen molar-refractivity contribution in [2.45, 2.75) is 20.0 Å². The predicted octanol–water partition coefficient (Wildman–Crippen LogP) is 2.89. The van der Waals surface area contributed by atoms with Gasteiger partial charge in [-0.15, -0.1) is 0 Å². The van der Waals surface area contributed by atoms with Gasteiger partial charge in [-0.3, -0.25) is 9.59 Å². The van der Waals surface area contributed by atoms with Gasteiger partial charge in [0.2, 0.25) is 5.88 Å². The van der Waals surface area contributed by atoms with Gasteiger partial charge in [-0.2, -0.15) is 0 Å². The van der Waals surface area contributed by atoms with E-state index in [2.05, 4.69) is 4.98 Å². The summed E-state index contributed by atoms with van der Waals surface area (Å²) in [6, 6.07) is 7.51. The van der Waals surface area contributed by atoms with E-state index in [1.807, 2.05) is 13.8 Å². The van der Waals surface area contributed by atoms with E-state index in [4.69, 9.17) is 21.2 Å². The molecule has 128 valence electrons. The highest BCUT2D eigenvalue weighted by atomic mass is 35.5. The van der Waals surface area contributed by atoms with Gasteiger partial charge in [-0.05, 0) is 32.0 Å². The molecule has 0 atom stereocenters. The fraction of sp³-hybridized carbons (Fsp3) is 0.176. The second-order valence-electron chi connectivity index (χ2n) is 5.51. The van der Waals surface area contributed by atoms with Crippen molar-refractivity contribution < 1.29 is 24.0 Å². The number of nitrogens with zero attached hydrogens (tertiary/aromatic N) is 2. The minimum Gasteiger partial charge on any atom is -0.474 e. The Morgan fingerprint density at radius 2 is 1.76 bits per heavy atom. The Hall–Kier alpha value is -2.93. The summed E-state index contributed by atoms with van der Waals surface area (Å²) in [5.74, 6) is -2.16. The number of hydroxylamine groups is 2. The van der Waals surface area contributed by atoms with E-state index in [-0.39, 0.29) is 33.7 Å². The molecule has 25 heavy (non-hydrogen) atoms. The van der Waals surface area contributed by atoms with E-state index in [1.165, 1.54) is 24.4 Å². The average molecular weight is 361 g/mol. The summed E-state index contributed by atoms with van der Waals surface area (Å²) in [5.41, 5.74) is 0.340. The lowest BCUT2D eigenvalue weighted by atomic mass is 10.1. The Labute approximate surface area is 148 Å². The SMILES string of the molecule is CC(C)Oc1ncc(C(=O)ON2C(=O)c3ccccc3C2=O)cc1Cl. The van der Waals surface area contributed by atoms with Gasteiger partial charge in [0.05, 0.1) is 22.8 Å². The van der Waals surface area contributed by atoms with Crippen molar-refractivity contribution in [3.05, 3.63) is 58.2 Å². The zero-order chi connectivity index (χ0) is 18.1. The molecule has 0 fully saturated rings. The van der Waals surface area contributed by atoms with Crippen LogP contribution >= 0.6 is 11.6 Å². The molecule has 1 aliphatic rings. The minimum atomic E-state index is -0.931. The number of amides is 2. The number of benzene rings is 1. The summed E-state index contributed by atoms with van der Waals surface area (Å²) in [4.78, 5) is 45.5. The molecule has 2 amide bonds. The maximum atomic E-state index is 12.2. The topological polar surface area (TPSA) is 85.8 Å². The number of hydrogen-bond donors (Lipinski definition) is 0. The van der Waals surface area contributed by atoms with Crippen LogP contribution in [0.2, 0.25) is 5.02 Å². The molecule has 2 heterocycles. The zero-order valence-electron chi connectivity index (χ0n) is 13.4. The van der Waals surface area contributed by atoms with Crippen LogP contribution in [0.3, 0.4) is 0 Å². The van der Waals surface area contributed by atoms with Crippen molar-refractivity contribution in [2.24, 2.45) is 0 Å². The Balaban J connectivity index is 1.78. The van der Waals surface area contributed by atoms with Gasteiger partial charge < -0.3 is 9.57 Å². The van der Waals surface area contributed by atoms with Gasteiger partial charge in [-0.25, -0.2) is 9.78 Å². The molecule has 7 nitrogen and oxygen atoms in total. The molecule has 0 saturated carbocycles. The molecule has 0 N–H and O–H groups in total. The van der Waals surface area contributed by atoms with E-state index >= 15 is 0 Å². The summed E-state index contributed by atoms with van der Waals surface area (Å²) >= 11 is 6.02. The molecule has 0 radical (unpaired) electrons. The average Bonchev–Trinajstić information content (AvgIpc) is 2.82. The Morgan fingerprint density at radius 3 is 2.28 bits per heavy atom. The highest BCUT2D eigenvalue weighted by Gasteiger charge is 2.38. The monoisotopic (exact) mass is 360 g/mol. The maximum absolute atomic E-state index is 12.2. The molecule has 1 aromatic carbocycles. The number of ether oxygens (including phenoxy) is 1. The summed E-state index contributed by atoms with van der Waals surface area (Å²) in [7, 11) is 0. The van der Waals surface area contributed by atoms with Crippen molar-refractivity contribution in [1.82, 2.24) is 10.0 Å². The van der Waals surface area contributed by atoms with E-state index in [0.29, 0.717) is 5.06 Å². The van der Waals surface area contributed by atoms with Gasteiger partial charge in [0.15, 0.2) is 0 Å². The third-order valence-electron chi connectivity index (χ3n) is 3.32. The first-order chi connectivity index (χ1) is 11.9. The van der Waals surface area contributed by atoms with Gasteiger partial charge in [0.25, 0.3) is 11.8 Å². The van der Waals surface area contributed by atoms with Crippen LogP contribution in [0, 0.1) is 0 Å². The van der Waals surface area contributed by atoms with Crippen molar-refractivity contribution in [1.29, 1.82) is 0 Å². The molecule has 0 saturated heterocycles. The van der Waals surface area contributed by atoms with Crippen LogP contribution < -0.4 is 4.74 Å². The Bertz CT molecular complexity index is 846. The van der Waals surface area contributed by atoms with Crippen LogP contribution in [-0.4, -0.2) is 33.9 Å². The van der Waals surface area contributed by atoms with E-state index in [1.54, 1.807) is 12.1 Å². The summed E-state index contributed by atoms with van der Waals surface area (Å²) in [6.45, 7) is 3.62. The summed E-state index contributed by atoms with van der Waals surface area (Å²) in [6.07, 6.45) is 1.06. The lowest BCUT2D eigenvalue weighted by Gasteiger charge is -2.13. The van der Waals surface area contributed by atoms with Crippen molar-refractivity contribution in [3.8, 4) is 5.88 Å². The Kier molecular flexibility index (Phi) is 4.41. The first-order valence-corrected chi connectivity index (χ1v) is 7.78. The third-order valence-corrected chi connectivity index (χ3v) is 3.59. The largest absolute Gasteiger partial charge is 0.474 e. The number of carbonyl (C=O) groups is 3. The van der Waals surface area contributed by atoms with Crippen LogP contribution in [-0.2, 0) is 4.84 Å². The number of rotatable bonds is 4. The molecule has 0 spiro atoms. The summed E-state index contributed by atoms with van der Waals surface area (Å²) in [5, 5.41) is 0.546. The first-order valence-electron chi connectivity index (χ1n) is 7.40. The van der Waals surface area contributed by atoms with Gasteiger partial charge >= 0.3 is 5.97 Å². The lowest BCUT2D eigenvalue weighted by Crippen LogP contribution is -2.32. The van der Waals surface area contributed by atoms with Gasteiger partial charge in [-0.1, -0.05) is 28.8 Å². The van der Waals surface area contributed by atoms with E-state index in [0.717, 1.165) is 0 Å². The van der Waals surface area contributed by atoms with Crippen molar-refractivity contribution >= 4 is 29.4 Å². The molecule has 1 aliphatic heterocycles. The second kappa shape index (κ2) is 6.52. The van der Waals surface area contributed by atoms with Gasteiger partial charge in [0.1, 0.15) is 5.02 Å². The normalized spacial score (nSPS) is 13.2. The highest BCUT2D eigenvalue weighted by Crippen LogP contribution is 2.26. The highest BCUT2D eigenvalue weighted by molar-refractivity contribution is 6.32. The van der Waals surface area contributed by atoms with Crippen molar-refractivity contribution in [3.63, 3.8) is 0 Å². The maximum Gasteiger partial charge on any atom is 0.365 e. The van der Waals surface area contributed by atoms with Crippen LogP contribution in [0.4, 0.5) is 0 Å².